The lowest BCUT2D eigenvalue weighted by Gasteiger charge is -2.10. The number of hydrogen-bond acceptors (Lipinski definition) is 5. The fourth-order valence-corrected chi connectivity index (χ4v) is 3.63. The summed E-state index contributed by atoms with van der Waals surface area (Å²) >= 11 is 1.54. The van der Waals surface area contributed by atoms with E-state index >= 15 is 0 Å². The Morgan fingerprint density at radius 3 is 2.81 bits per heavy atom. The van der Waals surface area contributed by atoms with Gasteiger partial charge in [-0.3, -0.25) is 4.57 Å². The summed E-state index contributed by atoms with van der Waals surface area (Å²) in [5.41, 5.74) is 1.05. The van der Waals surface area contributed by atoms with Gasteiger partial charge in [-0.25, -0.2) is 4.39 Å². The molecule has 27 heavy (non-hydrogen) atoms. The number of nitrogens with zero attached hydrogens (tertiary/aromatic N) is 4. The highest BCUT2D eigenvalue weighted by atomic mass is 32.2. The van der Waals surface area contributed by atoms with Gasteiger partial charge in [0.1, 0.15) is 11.6 Å². The highest BCUT2D eigenvalue weighted by Crippen LogP contribution is 2.41. The molecule has 0 bridgehead atoms. The topological polar surface area (TPSA) is 63.7 Å². The van der Waals surface area contributed by atoms with Crippen LogP contribution >= 0.6 is 11.8 Å². The number of halogens is 1. The Hall–Kier alpha value is -2.85. The predicted octanol–water partition coefficient (Wildman–Crippen LogP) is 4.46. The fraction of sp³-hybridized carbons (Fsp3) is 0.250. The molecule has 0 amide bonds. The van der Waals surface area contributed by atoms with E-state index in [1.165, 1.54) is 6.07 Å². The number of rotatable bonds is 7. The molecule has 1 saturated carbocycles. The lowest BCUT2D eigenvalue weighted by molar-refractivity contribution is 0.343. The first-order valence-corrected chi connectivity index (χ1v) is 9.70. The molecule has 0 spiro atoms. The van der Waals surface area contributed by atoms with Crippen molar-refractivity contribution in [2.45, 2.75) is 24.0 Å². The van der Waals surface area contributed by atoms with E-state index in [9.17, 15) is 4.39 Å². The Balaban J connectivity index is 1.44. The van der Waals surface area contributed by atoms with Gasteiger partial charge < -0.3 is 4.74 Å². The monoisotopic (exact) mass is 380 g/mol. The Morgan fingerprint density at radius 2 is 2.04 bits per heavy atom. The molecule has 1 aliphatic rings. The number of thioether (sulfide) groups is 1. The van der Waals surface area contributed by atoms with Crippen LogP contribution in [0.4, 0.5) is 4.39 Å². The van der Waals surface area contributed by atoms with Gasteiger partial charge >= 0.3 is 0 Å². The van der Waals surface area contributed by atoms with E-state index in [4.69, 9.17) is 10.00 Å². The van der Waals surface area contributed by atoms with Crippen LogP contribution in [0.5, 0.6) is 5.75 Å². The number of ether oxygens (including phenoxy) is 1. The molecular weight excluding hydrogens is 363 g/mol. The lowest BCUT2D eigenvalue weighted by atomic mass is 10.2. The average molecular weight is 380 g/mol. The SMILES string of the molecule is N#Cc1cccc(OCCSc2nnc(-c3ccccc3F)n2C2CC2)c1. The third kappa shape index (κ3) is 3.96. The van der Waals surface area contributed by atoms with E-state index in [0.29, 0.717) is 41.1 Å². The Bertz CT molecular complexity index is 994. The maximum atomic E-state index is 14.2. The van der Waals surface area contributed by atoms with Gasteiger partial charge in [0.2, 0.25) is 0 Å². The Kier molecular flexibility index (Phi) is 5.07. The van der Waals surface area contributed by atoms with Crippen LogP contribution < -0.4 is 4.74 Å². The number of aromatic nitrogens is 3. The minimum atomic E-state index is -0.288. The molecular formula is C20H17FN4OS. The molecule has 1 aliphatic carbocycles. The van der Waals surface area contributed by atoms with Crippen molar-refractivity contribution in [1.82, 2.24) is 14.8 Å². The summed E-state index contributed by atoms with van der Waals surface area (Å²) in [5.74, 6) is 1.65. The third-order valence-electron chi connectivity index (χ3n) is 4.24. The van der Waals surface area contributed by atoms with Crippen molar-refractivity contribution in [2.24, 2.45) is 0 Å². The first-order valence-electron chi connectivity index (χ1n) is 8.72. The summed E-state index contributed by atoms with van der Waals surface area (Å²) in [6.45, 7) is 0.478. The van der Waals surface area contributed by atoms with E-state index in [1.54, 1.807) is 48.2 Å². The molecule has 0 aliphatic heterocycles. The summed E-state index contributed by atoms with van der Waals surface area (Å²) in [4.78, 5) is 0. The second-order valence-corrected chi connectivity index (χ2v) is 7.29. The second-order valence-electron chi connectivity index (χ2n) is 6.22. The maximum absolute atomic E-state index is 14.2. The molecule has 136 valence electrons. The maximum Gasteiger partial charge on any atom is 0.191 e. The van der Waals surface area contributed by atoms with Gasteiger partial charge in [-0.1, -0.05) is 30.0 Å². The first-order chi connectivity index (χ1) is 13.3. The van der Waals surface area contributed by atoms with Crippen molar-refractivity contribution in [1.29, 1.82) is 5.26 Å². The molecule has 0 saturated heterocycles. The molecule has 1 aromatic heterocycles. The molecule has 7 heteroatoms. The predicted molar refractivity (Wildman–Crippen MR) is 101 cm³/mol. The van der Waals surface area contributed by atoms with Gasteiger partial charge in [0, 0.05) is 11.8 Å². The van der Waals surface area contributed by atoms with E-state index in [-0.39, 0.29) is 5.82 Å². The third-order valence-corrected chi connectivity index (χ3v) is 5.15. The van der Waals surface area contributed by atoms with Crippen LogP contribution in [0.15, 0.2) is 53.7 Å². The summed E-state index contributed by atoms with van der Waals surface area (Å²) in [7, 11) is 0. The van der Waals surface area contributed by atoms with Crippen LogP contribution in [-0.2, 0) is 0 Å². The van der Waals surface area contributed by atoms with Gasteiger partial charge in [-0.15, -0.1) is 10.2 Å². The molecule has 1 fully saturated rings. The van der Waals surface area contributed by atoms with Crippen molar-refractivity contribution >= 4 is 11.8 Å². The standard InChI is InChI=1S/C20H17FN4OS/c21-18-7-2-1-6-17(18)19-23-24-20(25(19)15-8-9-15)27-11-10-26-16-5-3-4-14(12-16)13-22/h1-7,12,15H,8-11H2. The zero-order chi connectivity index (χ0) is 18.6. The van der Waals surface area contributed by atoms with Crippen LogP contribution in [0.3, 0.4) is 0 Å². The van der Waals surface area contributed by atoms with Crippen molar-refractivity contribution in [2.75, 3.05) is 12.4 Å². The molecule has 0 N–H and O–H groups in total. The van der Waals surface area contributed by atoms with Crippen molar-refractivity contribution < 1.29 is 9.13 Å². The largest absolute Gasteiger partial charge is 0.493 e. The van der Waals surface area contributed by atoms with Gasteiger partial charge in [0.25, 0.3) is 0 Å². The van der Waals surface area contributed by atoms with Crippen molar-refractivity contribution in [3.05, 3.63) is 59.9 Å². The number of benzene rings is 2. The smallest absolute Gasteiger partial charge is 0.191 e. The zero-order valence-electron chi connectivity index (χ0n) is 14.5. The highest BCUT2D eigenvalue weighted by Gasteiger charge is 2.30. The first kappa shape index (κ1) is 17.6. The fourth-order valence-electron chi connectivity index (χ4n) is 2.81. The van der Waals surface area contributed by atoms with E-state index in [1.807, 2.05) is 10.6 Å². The van der Waals surface area contributed by atoms with E-state index in [2.05, 4.69) is 16.3 Å². The Labute approximate surface area is 160 Å². The minimum absolute atomic E-state index is 0.288. The van der Waals surface area contributed by atoms with Crippen LogP contribution in [0.25, 0.3) is 11.4 Å². The number of nitriles is 1. The van der Waals surface area contributed by atoms with Crippen LogP contribution in [0.1, 0.15) is 24.4 Å². The number of hydrogen-bond donors (Lipinski definition) is 0. The van der Waals surface area contributed by atoms with E-state index in [0.717, 1.165) is 18.0 Å². The molecule has 5 nitrogen and oxygen atoms in total. The molecule has 3 aromatic rings. The van der Waals surface area contributed by atoms with Gasteiger partial charge in [0.15, 0.2) is 11.0 Å². The van der Waals surface area contributed by atoms with Crippen molar-refractivity contribution in [3.63, 3.8) is 0 Å². The summed E-state index contributed by atoms with van der Waals surface area (Å²) in [6.07, 6.45) is 2.12. The van der Waals surface area contributed by atoms with Crippen LogP contribution in [-0.4, -0.2) is 27.1 Å². The zero-order valence-corrected chi connectivity index (χ0v) is 15.3. The molecule has 0 unspecified atom stereocenters. The minimum Gasteiger partial charge on any atom is -0.493 e. The Morgan fingerprint density at radius 1 is 1.19 bits per heavy atom. The molecule has 0 radical (unpaired) electrons. The van der Waals surface area contributed by atoms with Gasteiger partial charge in [0.05, 0.1) is 23.8 Å². The van der Waals surface area contributed by atoms with Crippen LogP contribution in [0.2, 0.25) is 0 Å². The quantitative estimate of drug-likeness (QED) is 0.447. The summed E-state index contributed by atoms with van der Waals surface area (Å²) < 4.78 is 21.9. The normalized spacial score (nSPS) is 13.3. The summed E-state index contributed by atoms with van der Waals surface area (Å²) in [6, 6.07) is 16.2. The summed E-state index contributed by atoms with van der Waals surface area (Å²) in [5, 5.41) is 18.2. The molecule has 4 rings (SSSR count). The lowest BCUT2D eigenvalue weighted by Crippen LogP contribution is -2.04. The molecule has 1 heterocycles. The van der Waals surface area contributed by atoms with Crippen LogP contribution in [0, 0.1) is 17.1 Å². The molecule has 0 atom stereocenters. The van der Waals surface area contributed by atoms with Gasteiger partial charge in [-0.05, 0) is 43.2 Å². The van der Waals surface area contributed by atoms with E-state index < -0.39 is 0 Å². The second kappa shape index (κ2) is 7.80. The molecule has 2 aromatic carbocycles. The average Bonchev–Trinajstić information content (AvgIpc) is 3.45. The van der Waals surface area contributed by atoms with Gasteiger partial charge in [-0.2, -0.15) is 5.26 Å². The highest BCUT2D eigenvalue weighted by molar-refractivity contribution is 7.99. The van der Waals surface area contributed by atoms with Crippen molar-refractivity contribution in [3.8, 4) is 23.2 Å².